The summed E-state index contributed by atoms with van der Waals surface area (Å²) in [7, 11) is -1.06. The summed E-state index contributed by atoms with van der Waals surface area (Å²) < 4.78 is 22.8. The molecule has 0 aromatic carbocycles. The number of hydrogen-bond acceptors (Lipinski definition) is 5. The molecule has 2 heterocycles. The molecule has 1 aliphatic heterocycles. The van der Waals surface area contributed by atoms with Crippen LogP contribution in [0, 0.1) is 0 Å². The predicted octanol–water partition coefficient (Wildman–Crippen LogP) is 1.07. The number of sulfone groups is 1. The maximum Gasteiger partial charge on any atom is 0.346 e. The van der Waals surface area contributed by atoms with E-state index in [1.165, 1.54) is 11.3 Å². The highest BCUT2D eigenvalue weighted by Crippen LogP contribution is 2.22. The second-order valence-electron chi connectivity index (χ2n) is 4.55. The molecule has 0 amide bonds. The molecule has 0 bridgehead atoms. The van der Waals surface area contributed by atoms with Gasteiger partial charge in [0.25, 0.3) is 0 Å². The lowest BCUT2D eigenvalue weighted by atomic mass is 10.2. The van der Waals surface area contributed by atoms with E-state index in [1.54, 1.807) is 11.4 Å². The van der Waals surface area contributed by atoms with Gasteiger partial charge in [-0.25, -0.2) is 13.2 Å². The Kier molecular flexibility index (Phi) is 3.74. The Morgan fingerprint density at radius 3 is 2.89 bits per heavy atom. The number of nitrogens with zero attached hydrogens (tertiary/aromatic N) is 1. The Bertz CT molecular complexity index is 549. The molecule has 1 atom stereocenters. The van der Waals surface area contributed by atoms with Crippen molar-refractivity contribution in [3.8, 4) is 0 Å². The Labute approximate surface area is 110 Å². The van der Waals surface area contributed by atoms with Crippen molar-refractivity contribution in [3.05, 3.63) is 21.9 Å². The molecule has 1 saturated heterocycles. The molecule has 1 aromatic rings. The van der Waals surface area contributed by atoms with Gasteiger partial charge in [0.1, 0.15) is 4.88 Å². The van der Waals surface area contributed by atoms with Crippen LogP contribution in [0.1, 0.15) is 21.7 Å². The van der Waals surface area contributed by atoms with E-state index in [9.17, 15) is 13.2 Å². The standard InChI is InChI=1S/C11H15NO4S2/c1-12(9-3-5-18(15,16)7-9)6-8-2-4-17-10(8)11(13)14/h2,4,9H,3,5-7H2,1H3,(H,13,14). The van der Waals surface area contributed by atoms with E-state index in [2.05, 4.69) is 0 Å². The van der Waals surface area contributed by atoms with E-state index in [0.717, 1.165) is 5.56 Å². The highest BCUT2D eigenvalue weighted by atomic mass is 32.2. The van der Waals surface area contributed by atoms with Gasteiger partial charge in [-0.15, -0.1) is 11.3 Å². The van der Waals surface area contributed by atoms with Gasteiger partial charge < -0.3 is 5.11 Å². The van der Waals surface area contributed by atoms with Crippen LogP contribution in [0.3, 0.4) is 0 Å². The topological polar surface area (TPSA) is 74.7 Å². The summed E-state index contributed by atoms with van der Waals surface area (Å²) >= 11 is 1.20. The fourth-order valence-corrected chi connectivity index (χ4v) is 4.73. The zero-order valence-corrected chi connectivity index (χ0v) is 11.6. The molecule has 1 N–H and O–H groups in total. The Balaban J connectivity index is 2.06. The van der Waals surface area contributed by atoms with Gasteiger partial charge in [-0.05, 0) is 30.5 Å². The second-order valence-corrected chi connectivity index (χ2v) is 7.70. The Hall–Kier alpha value is -0.920. The van der Waals surface area contributed by atoms with Crippen LogP contribution in [0.4, 0.5) is 0 Å². The van der Waals surface area contributed by atoms with Crippen LogP contribution in [-0.4, -0.2) is 49.0 Å². The molecule has 1 unspecified atom stereocenters. The first kappa shape index (κ1) is 13.5. The van der Waals surface area contributed by atoms with Gasteiger partial charge in [-0.2, -0.15) is 0 Å². The van der Waals surface area contributed by atoms with E-state index in [-0.39, 0.29) is 17.5 Å². The number of carboxylic acid groups (broad SMARTS) is 1. The van der Waals surface area contributed by atoms with Crippen molar-refractivity contribution in [2.24, 2.45) is 0 Å². The van der Waals surface area contributed by atoms with E-state index < -0.39 is 15.8 Å². The van der Waals surface area contributed by atoms with Crippen molar-refractivity contribution in [2.45, 2.75) is 19.0 Å². The van der Waals surface area contributed by atoms with E-state index in [0.29, 0.717) is 17.8 Å². The zero-order chi connectivity index (χ0) is 13.3. The van der Waals surface area contributed by atoms with Crippen LogP contribution in [0.15, 0.2) is 11.4 Å². The van der Waals surface area contributed by atoms with E-state index in [1.807, 2.05) is 11.9 Å². The second kappa shape index (κ2) is 4.99. The fourth-order valence-electron chi connectivity index (χ4n) is 2.17. The molecule has 18 heavy (non-hydrogen) atoms. The average molecular weight is 289 g/mol. The normalized spacial score (nSPS) is 22.4. The van der Waals surface area contributed by atoms with Crippen molar-refractivity contribution in [1.29, 1.82) is 0 Å². The maximum atomic E-state index is 11.4. The minimum atomic E-state index is -2.90. The van der Waals surface area contributed by atoms with Gasteiger partial charge in [0.15, 0.2) is 9.84 Å². The van der Waals surface area contributed by atoms with E-state index in [4.69, 9.17) is 5.11 Å². The SMILES string of the molecule is CN(Cc1ccsc1C(=O)O)C1CCS(=O)(=O)C1. The van der Waals surface area contributed by atoms with Crippen LogP contribution in [-0.2, 0) is 16.4 Å². The fraction of sp³-hybridized carbons (Fsp3) is 0.545. The summed E-state index contributed by atoms with van der Waals surface area (Å²) in [6.07, 6.45) is 0.630. The van der Waals surface area contributed by atoms with Gasteiger partial charge >= 0.3 is 5.97 Å². The third kappa shape index (κ3) is 2.90. The number of rotatable bonds is 4. The molecule has 2 rings (SSSR count). The zero-order valence-electron chi connectivity index (χ0n) is 10.00. The third-order valence-corrected chi connectivity index (χ3v) is 5.89. The van der Waals surface area contributed by atoms with Crippen LogP contribution < -0.4 is 0 Å². The molecule has 5 nitrogen and oxygen atoms in total. The first-order valence-corrected chi connectivity index (χ1v) is 8.29. The minimum absolute atomic E-state index is 0.00320. The lowest BCUT2D eigenvalue weighted by molar-refractivity contribution is 0.0700. The molecule has 0 saturated carbocycles. The maximum absolute atomic E-state index is 11.4. The lowest BCUT2D eigenvalue weighted by Gasteiger charge is -2.22. The van der Waals surface area contributed by atoms with Crippen molar-refractivity contribution >= 4 is 27.1 Å². The molecular weight excluding hydrogens is 274 g/mol. The number of carboxylic acids is 1. The van der Waals surface area contributed by atoms with Crippen LogP contribution in [0.5, 0.6) is 0 Å². The Morgan fingerprint density at radius 1 is 1.61 bits per heavy atom. The van der Waals surface area contributed by atoms with Gasteiger partial charge in [0.05, 0.1) is 11.5 Å². The summed E-state index contributed by atoms with van der Waals surface area (Å²) in [5.41, 5.74) is 0.749. The third-order valence-electron chi connectivity index (χ3n) is 3.19. The van der Waals surface area contributed by atoms with Crippen molar-refractivity contribution in [2.75, 3.05) is 18.6 Å². The smallest absolute Gasteiger partial charge is 0.346 e. The summed E-state index contributed by atoms with van der Waals surface area (Å²) in [4.78, 5) is 13.3. The first-order valence-electron chi connectivity index (χ1n) is 5.59. The molecule has 0 aliphatic carbocycles. The van der Waals surface area contributed by atoms with Crippen molar-refractivity contribution in [3.63, 3.8) is 0 Å². The molecule has 0 radical (unpaired) electrons. The first-order chi connectivity index (χ1) is 8.39. The van der Waals surface area contributed by atoms with Crippen LogP contribution >= 0.6 is 11.3 Å². The van der Waals surface area contributed by atoms with Crippen LogP contribution in [0.2, 0.25) is 0 Å². The number of hydrogen-bond donors (Lipinski definition) is 1. The Morgan fingerprint density at radius 2 is 2.33 bits per heavy atom. The number of aromatic carboxylic acids is 1. The van der Waals surface area contributed by atoms with Crippen LogP contribution in [0.25, 0.3) is 0 Å². The molecule has 100 valence electrons. The highest BCUT2D eigenvalue weighted by molar-refractivity contribution is 7.91. The molecule has 1 aliphatic rings. The minimum Gasteiger partial charge on any atom is -0.477 e. The summed E-state index contributed by atoms with van der Waals surface area (Å²) in [6, 6.07) is 1.78. The average Bonchev–Trinajstić information content (AvgIpc) is 2.84. The van der Waals surface area contributed by atoms with Crippen molar-refractivity contribution in [1.82, 2.24) is 4.90 Å². The number of carbonyl (C=O) groups is 1. The molecule has 0 spiro atoms. The largest absolute Gasteiger partial charge is 0.477 e. The molecule has 7 heteroatoms. The van der Waals surface area contributed by atoms with Gasteiger partial charge in [-0.3, -0.25) is 4.90 Å². The molecule has 1 aromatic heterocycles. The molecular formula is C11H15NO4S2. The van der Waals surface area contributed by atoms with Gasteiger partial charge in [-0.1, -0.05) is 0 Å². The highest BCUT2D eigenvalue weighted by Gasteiger charge is 2.31. The lowest BCUT2D eigenvalue weighted by Crippen LogP contribution is -2.32. The summed E-state index contributed by atoms with van der Waals surface area (Å²) in [5.74, 6) is -0.513. The summed E-state index contributed by atoms with van der Waals surface area (Å²) in [5, 5.41) is 10.8. The quantitative estimate of drug-likeness (QED) is 0.897. The number of thiophene rings is 1. The molecule has 1 fully saturated rings. The van der Waals surface area contributed by atoms with Gasteiger partial charge in [0.2, 0.25) is 0 Å². The van der Waals surface area contributed by atoms with Gasteiger partial charge in [0, 0.05) is 12.6 Å². The predicted molar refractivity (Wildman–Crippen MR) is 69.8 cm³/mol. The summed E-state index contributed by atoms with van der Waals surface area (Å²) in [6.45, 7) is 0.477. The van der Waals surface area contributed by atoms with E-state index >= 15 is 0 Å². The monoisotopic (exact) mass is 289 g/mol. The van der Waals surface area contributed by atoms with Crippen molar-refractivity contribution < 1.29 is 18.3 Å².